The third kappa shape index (κ3) is 3.89. The van der Waals surface area contributed by atoms with E-state index in [2.05, 4.69) is 54.6 Å². The summed E-state index contributed by atoms with van der Waals surface area (Å²) in [5.41, 5.74) is 6.52. The van der Waals surface area contributed by atoms with E-state index < -0.39 is 0 Å². The maximum Gasteiger partial charge on any atom is 0.410 e. The summed E-state index contributed by atoms with van der Waals surface area (Å²) in [7, 11) is 1.75. The number of nitrogens with zero attached hydrogens (tertiary/aromatic N) is 1. The van der Waals surface area contributed by atoms with Crippen molar-refractivity contribution in [3.05, 3.63) is 71.3 Å². The Labute approximate surface area is 184 Å². The molecule has 0 saturated carbocycles. The predicted molar refractivity (Wildman–Crippen MR) is 122 cm³/mol. The largest absolute Gasteiger partial charge is 0.448 e. The zero-order chi connectivity index (χ0) is 21.2. The van der Waals surface area contributed by atoms with Crippen LogP contribution in [0.25, 0.3) is 11.1 Å². The molecule has 5 rings (SSSR count). The van der Waals surface area contributed by atoms with Gasteiger partial charge in [-0.05, 0) is 60.8 Å². The van der Waals surface area contributed by atoms with Gasteiger partial charge in [-0.25, -0.2) is 4.79 Å². The van der Waals surface area contributed by atoms with Crippen LogP contribution >= 0.6 is 0 Å². The summed E-state index contributed by atoms with van der Waals surface area (Å²) in [6.07, 6.45) is 8.56. The van der Waals surface area contributed by atoms with Crippen LogP contribution in [-0.2, 0) is 9.47 Å². The van der Waals surface area contributed by atoms with Crippen molar-refractivity contribution in [2.24, 2.45) is 0 Å². The fourth-order valence-corrected chi connectivity index (χ4v) is 5.70. The average molecular weight is 418 g/mol. The van der Waals surface area contributed by atoms with Crippen molar-refractivity contribution in [2.45, 2.75) is 56.5 Å². The van der Waals surface area contributed by atoms with Crippen molar-refractivity contribution in [2.75, 3.05) is 20.3 Å². The molecule has 4 heteroatoms. The Kier molecular flexibility index (Phi) is 5.82. The number of amides is 1. The Balaban J connectivity index is 1.29. The van der Waals surface area contributed by atoms with Crippen molar-refractivity contribution in [1.82, 2.24) is 4.90 Å². The molecule has 2 unspecified atom stereocenters. The Hall–Kier alpha value is -2.59. The fraction of sp³-hybridized carbons (Fsp3) is 0.444. The Morgan fingerprint density at radius 1 is 1.03 bits per heavy atom. The van der Waals surface area contributed by atoms with E-state index in [-0.39, 0.29) is 24.1 Å². The van der Waals surface area contributed by atoms with Crippen LogP contribution in [0, 0.1) is 0 Å². The van der Waals surface area contributed by atoms with Gasteiger partial charge >= 0.3 is 6.09 Å². The number of ether oxygens (including phenoxy) is 2. The van der Waals surface area contributed by atoms with Crippen LogP contribution in [0.2, 0.25) is 0 Å². The van der Waals surface area contributed by atoms with Crippen molar-refractivity contribution < 1.29 is 14.3 Å². The summed E-state index contributed by atoms with van der Waals surface area (Å²) in [6, 6.07) is 17.4. The normalized spacial score (nSPS) is 22.0. The average Bonchev–Trinajstić information content (AvgIpc) is 3.11. The number of fused-ring (bicyclic) bond motifs is 5. The first-order valence-electron chi connectivity index (χ1n) is 11.6. The quantitative estimate of drug-likeness (QED) is 0.433. The van der Waals surface area contributed by atoms with Crippen LogP contribution in [0.4, 0.5) is 4.79 Å². The number of carbonyl (C=O) groups excluding carboxylic acids is 1. The second kappa shape index (κ2) is 8.88. The summed E-state index contributed by atoms with van der Waals surface area (Å²) in [6.45, 7) is 1.19. The number of carbonyl (C=O) groups is 1. The second-order valence-electron chi connectivity index (χ2n) is 8.99. The Morgan fingerprint density at radius 3 is 2.42 bits per heavy atom. The first-order valence-corrected chi connectivity index (χ1v) is 11.6. The summed E-state index contributed by atoms with van der Waals surface area (Å²) >= 11 is 0. The molecule has 2 aliphatic heterocycles. The molecule has 3 aliphatic rings. The molecule has 31 heavy (non-hydrogen) atoms. The van der Waals surface area contributed by atoms with Gasteiger partial charge in [0.05, 0.1) is 6.04 Å². The lowest BCUT2D eigenvalue weighted by Gasteiger charge is -2.44. The fourth-order valence-electron chi connectivity index (χ4n) is 5.70. The van der Waals surface area contributed by atoms with Crippen molar-refractivity contribution >= 4 is 6.09 Å². The lowest BCUT2D eigenvalue weighted by atomic mass is 9.84. The van der Waals surface area contributed by atoms with Gasteiger partial charge in [0.2, 0.25) is 0 Å². The van der Waals surface area contributed by atoms with Crippen LogP contribution in [0.1, 0.15) is 55.6 Å². The summed E-state index contributed by atoms with van der Waals surface area (Å²) in [5, 5.41) is 0. The minimum absolute atomic E-state index is 0.112. The van der Waals surface area contributed by atoms with Gasteiger partial charge in [0.25, 0.3) is 0 Å². The molecule has 162 valence electrons. The molecule has 2 aromatic rings. The molecule has 1 aliphatic carbocycles. The molecule has 2 aromatic carbocycles. The smallest absolute Gasteiger partial charge is 0.410 e. The molecule has 0 spiro atoms. The number of hydrogen-bond donors (Lipinski definition) is 0. The molecule has 4 nitrogen and oxygen atoms in total. The second-order valence-corrected chi connectivity index (χ2v) is 8.99. The maximum absolute atomic E-state index is 13.2. The number of benzene rings is 2. The third-order valence-corrected chi connectivity index (χ3v) is 7.11. The minimum Gasteiger partial charge on any atom is -0.448 e. The van der Waals surface area contributed by atoms with Gasteiger partial charge in [0.1, 0.15) is 6.61 Å². The van der Waals surface area contributed by atoms with Gasteiger partial charge < -0.3 is 9.47 Å². The third-order valence-electron chi connectivity index (χ3n) is 7.11. The molecule has 0 aromatic heterocycles. The van der Waals surface area contributed by atoms with Crippen LogP contribution in [0.15, 0.2) is 60.2 Å². The SMILES string of the molecule is COCCCC1=CC2CCCC(C1)N2C(=O)OCC1c2ccccc2-c2ccccc21. The van der Waals surface area contributed by atoms with E-state index in [0.717, 1.165) is 38.7 Å². The van der Waals surface area contributed by atoms with Gasteiger partial charge in [0, 0.05) is 25.7 Å². The van der Waals surface area contributed by atoms with E-state index in [1.807, 2.05) is 4.90 Å². The van der Waals surface area contributed by atoms with Crippen molar-refractivity contribution in [3.8, 4) is 11.1 Å². The number of hydrogen-bond acceptors (Lipinski definition) is 3. The van der Waals surface area contributed by atoms with Gasteiger partial charge in [0.15, 0.2) is 0 Å². The topological polar surface area (TPSA) is 38.8 Å². The Morgan fingerprint density at radius 2 is 1.74 bits per heavy atom. The molecular weight excluding hydrogens is 386 g/mol. The van der Waals surface area contributed by atoms with Crippen LogP contribution < -0.4 is 0 Å². The van der Waals surface area contributed by atoms with Crippen molar-refractivity contribution in [1.29, 1.82) is 0 Å². The molecule has 2 bridgehead atoms. The van der Waals surface area contributed by atoms with Crippen LogP contribution in [0.3, 0.4) is 0 Å². The molecular formula is C27H31NO3. The van der Waals surface area contributed by atoms with E-state index in [1.165, 1.54) is 34.2 Å². The number of methoxy groups -OCH3 is 1. The van der Waals surface area contributed by atoms with E-state index in [4.69, 9.17) is 9.47 Å². The van der Waals surface area contributed by atoms with Crippen LogP contribution in [-0.4, -0.2) is 43.4 Å². The van der Waals surface area contributed by atoms with Crippen LogP contribution in [0.5, 0.6) is 0 Å². The monoisotopic (exact) mass is 417 g/mol. The summed E-state index contributed by atoms with van der Waals surface area (Å²) in [5.74, 6) is 0.112. The molecule has 1 fully saturated rings. The zero-order valence-corrected chi connectivity index (χ0v) is 18.3. The molecule has 2 heterocycles. The highest BCUT2D eigenvalue weighted by Gasteiger charge is 2.38. The predicted octanol–water partition coefficient (Wildman–Crippen LogP) is 5.92. The van der Waals surface area contributed by atoms with E-state index in [0.29, 0.717) is 6.61 Å². The van der Waals surface area contributed by atoms with Gasteiger partial charge in [-0.1, -0.05) is 60.2 Å². The summed E-state index contributed by atoms with van der Waals surface area (Å²) in [4.78, 5) is 15.2. The van der Waals surface area contributed by atoms with E-state index >= 15 is 0 Å². The van der Waals surface area contributed by atoms with Gasteiger partial charge in [-0.3, -0.25) is 4.90 Å². The highest BCUT2D eigenvalue weighted by molar-refractivity contribution is 5.79. The lowest BCUT2D eigenvalue weighted by molar-refractivity contribution is 0.0505. The highest BCUT2D eigenvalue weighted by Crippen LogP contribution is 2.44. The minimum atomic E-state index is -0.149. The van der Waals surface area contributed by atoms with Crippen molar-refractivity contribution in [3.63, 3.8) is 0 Å². The molecule has 2 atom stereocenters. The number of piperidine rings is 1. The highest BCUT2D eigenvalue weighted by atomic mass is 16.6. The first-order chi connectivity index (χ1) is 15.3. The first kappa shape index (κ1) is 20.3. The molecule has 1 amide bonds. The maximum atomic E-state index is 13.2. The summed E-state index contributed by atoms with van der Waals surface area (Å²) < 4.78 is 11.2. The standard InChI is InChI=1S/C27H31NO3/c1-30-15-7-8-19-16-20-9-6-10-21(17-19)28(20)27(29)31-18-26-24-13-4-2-11-22(24)23-12-3-5-14-25(23)26/h2-5,11-14,16,20-21,26H,6-10,15,17-18H2,1H3. The lowest BCUT2D eigenvalue weighted by Crippen LogP contribution is -2.52. The molecule has 0 radical (unpaired) electrons. The van der Waals surface area contributed by atoms with E-state index in [9.17, 15) is 4.79 Å². The number of rotatable bonds is 6. The van der Waals surface area contributed by atoms with Gasteiger partial charge in [-0.2, -0.15) is 0 Å². The Bertz CT molecular complexity index is 936. The molecule has 1 saturated heterocycles. The molecule has 0 N–H and O–H groups in total. The van der Waals surface area contributed by atoms with Gasteiger partial charge in [-0.15, -0.1) is 0 Å². The zero-order valence-electron chi connectivity index (χ0n) is 18.3. The van der Waals surface area contributed by atoms with E-state index in [1.54, 1.807) is 7.11 Å².